The average Bonchev–Trinajstić information content (AvgIpc) is 2.31. The first-order chi connectivity index (χ1) is 9.02. The summed E-state index contributed by atoms with van der Waals surface area (Å²) >= 11 is 24.3. The topological polar surface area (TPSA) is 17.1 Å². The fourth-order valence-corrected chi connectivity index (χ4v) is 3.04. The summed E-state index contributed by atoms with van der Waals surface area (Å²) in [4.78, 5) is 10.7. The van der Waals surface area contributed by atoms with E-state index in [4.69, 9.17) is 46.4 Å². The number of benzene rings is 2. The molecule has 98 valence electrons. The second-order valence-electron chi connectivity index (χ2n) is 3.92. The molecule has 0 spiro atoms. The summed E-state index contributed by atoms with van der Waals surface area (Å²) in [5.74, 6) is 0. The highest BCUT2D eigenvalue weighted by Crippen LogP contribution is 2.39. The maximum atomic E-state index is 10.7. The Labute approximate surface area is 131 Å². The molecule has 0 heterocycles. The van der Waals surface area contributed by atoms with Gasteiger partial charge in [-0.25, -0.2) is 0 Å². The van der Waals surface area contributed by atoms with Crippen LogP contribution < -0.4 is 0 Å². The zero-order chi connectivity index (χ0) is 14.0. The van der Waals surface area contributed by atoms with Crippen molar-refractivity contribution >= 4 is 52.7 Å². The molecule has 0 aliphatic carbocycles. The van der Waals surface area contributed by atoms with E-state index in [1.54, 1.807) is 30.3 Å². The summed E-state index contributed by atoms with van der Waals surface area (Å²) in [5.41, 5.74) is 2.18. The molecule has 0 amide bonds. The van der Waals surface area contributed by atoms with Crippen LogP contribution in [0.2, 0.25) is 20.1 Å². The normalized spacial score (nSPS) is 10.5. The molecule has 2 aromatic rings. The van der Waals surface area contributed by atoms with Crippen LogP contribution in [0.5, 0.6) is 0 Å². The second-order valence-corrected chi connectivity index (χ2v) is 5.60. The fraction of sp³-hybridized carbons (Fsp3) is 0.0714. The summed E-state index contributed by atoms with van der Waals surface area (Å²) < 4.78 is 0. The Hall–Kier alpha value is -0.730. The Bertz CT molecular complexity index is 614. The summed E-state index contributed by atoms with van der Waals surface area (Å²) in [7, 11) is 0. The predicted octanol–water partition coefficient (Wildman–Crippen LogP) is 5.71. The van der Waals surface area contributed by atoms with E-state index in [1.807, 2.05) is 0 Å². The van der Waals surface area contributed by atoms with Crippen LogP contribution in [0.15, 0.2) is 30.3 Å². The third-order valence-electron chi connectivity index (χ3n) is 2.65. The lowest BCUT2D eigenvalue weighted by atomic mass is 9.98. The van der Waals surface area contributed by atoms with E-state index in [1.165, 1.54) is 0 Å². The van der Waals surface area contributed by atoms with Gasteiger partial charge >= 0.3 is 0 Å². The molecule has 0 radical (unpaired) electrons. The molecule has 0 N–H and O–H groups in total. The molecular formula is C14H8Cl4O. The maximum Gasteiger partial charge on any atom is 0.124 e. The summed E-state index contributed by atoms with van der Waals surface area (Å²) in [6.45, 7) is 0. The Balaban J connectivity index is 2.70. The number of carbonyl (C=O) groups is 1. The number of halogens is 4. The van der Waals surface area contributed by atoms with Crippen molar-refractivity contribution in [2.75, 3.05) is 0 Å². The number of hydrogen-bond acceptors (Lipinski definition) is 1. The molecule has 2 aromatic carbocycles. The second kappa shape index (κ2) is 6.15. The van der Waals surface area contributed by atoms with Gasteiger partial charge in [-0.15, -0.1) is 0 Å². The largest absolute Gasteiger partial charge is 0.303 e. The van der Waals surface area contributed by atoms with Gasteiger partial charge in [0.05, 0.1) is 10.0 Å². The van der Waals surface area contributed by atoms with Gasteiger partial charge in [-0.2, -0.15) is 0 Å². The van der Waals surface area contributed by atoms with E-state index in [0.29, 0.717) is 25.7 Å². The quantitative estimate of drug-likeness (QED) is 0.657. The van der Waals surface area contributed by atoms with Gasteiger partial charge in [-0.3, -0.25) is 0 Å². The first-order valence-electron chi connectivity index (χ1n) is 5.40. The monoisotopic (exact) mass is 332 g/mol. The SMILES string of the molecule is O=CCc1ccc(Cl)cc1-c1c(Cl)cc(Cl)cc1Cl. The number of rotatable bonds is 3. The molecule has 19 heavy (non-hydrogen) atoms. The van der Waals surface area contributed by atoms with Crippen LogP contribution in [0.3, 0.4) is 0 Å². The Kier molecular flexibility index (Phi) is 4.75. The maximum absolute atomic E-state index is 10.7. The van der Waals surface area contributed by atoms with Crippen LogP contribution in [-0.2, 0) is 11.2 Å². The van der Waals surface area contributed by atoms with Crippen LogP contribution in [-0.4, -0.2) is 6.29 Å². The molecule has 5 heteroatoms. The van der Waals surface area contributed by atoms with Gasteiger partial charge in [0.15, 0.2) is 0 Å². The lowest BCUT2D eigenvalue weighted by Crippen LogP contribution is -1.93. The van der Waals surface area contributed by atoms with Crippen molar-refractivity contribution in [1.29, 1.82) is 0 Å². The van der Waals surface area contributed by atoms with Crippen molar-refractivity contribution in [3.63, 3.8) is 0 Å². The zero-order valence-electron chi connectivity index (χ0n) is 9.59. The number of hydrogen-bond donors (Lipinski definition) is 0. The summed E-state index contributed by atoms with van der Waals surface area (Å²) in [6, 6.07) is 8.46. The minimum atomic E-state index is 0.266. The number of aldehydes is 1. The lowest BCUT2D eigenvalue weighted by Gasteiger charge is -2.12. The molecule has 0 saturated carbocycles. The van der Waals surface area contributed by atoms with Crippen molar-refractivity contribution in [1.82, 2.24) is 0 Å². The molecule has 0 atom stereocenters. The third-order valence-corrected chi connectivity index (χ3v) is 3.70. The van der Waals surface area contributed by atoms with Crippen molar-refractivity contribution in [2.45, 2.75) is 6.42 Å². The molecule has 2 rings (SSSR count). The first-order valence-corrected chi connectivity index (χ1v) is 6.91. The van der Waals surface area contributed by atoms with Gasteiger partial charge in [0.1, 0.15) is 6.29 Å². The zero-order valence-corrected chi connectivity index (χ0v) is 12.6. The van der Waals surface area contributed by atoms with Gasteiger partial charge in [0.25, 0.3) is 0 Å². The molecule has 0 fully saturated rings. The van der Waals surface area contributed by atoms with E-state index in [9.17, 15) is 4.79 Å². The molecule has 0 unspecified atom stereocenters. The molecule has 0 saturated heterocycles. The van der Waals surface area contributed by atoms with E-state index in [2.05, 4.69) is 0 Å². The van der Waals surface area contributed by atoms with E-state index < -0.39 is 0 Å². The average molecular weight is 334 g/mol. The van der Waals surface area contributed by atoms with Gasteiger partial charge in [0, 0.05) is 22.0 Å². The van der Waals surface area contributed by atoms with Gasteiger partial charge < -0.3 is 4.79 Å². The molecule has 0 aliphatic heterocycles. The molecule has 1 nitrogen and oxygen atoms in total. The minimum absolute atomic E-state index is 0.266. The van der Waals surface area contributed by atoms with Crippen molar-refractivity contribution in [3.05, 3.63) is 56.0 Å². The smallest absolute Gasteiger partial charge is 0.124 e. The van der Waals surface area contributed by atoms with Crippen molar-refractivity contribution in [2.24, 2.45) is 0 Å². The van der Waals surface area contributed by atoms with Gasteiger partial charge in [0.2, 0.25) is 0 Å². The van der Waals surface area contributed by atoms with E-state index >= 15 is 0 Å². The first kappa shape index (κ1) is 14.7. The molecular weight excluding hydrogens is 326 g/mol. The van der Waals surface area contributed by atoms with Crippen LogP contribution in [0.4, 0.5) is 0 Å². The van der Waals surface area contributed by atoms with Crippen LogP contribution in [0.25, 0.3) is 11.1 Å². The van der Waals surface area contributed by atoms with Crippen molar-refractivity contribution in [3.8, 4) is 11.1 Å². The van der Waals surface area contributed by atoms with Gasteiger partial charge in [-0.1, -0.05) is 52.5 Å². The molecule has 0 bridgehead atoms. The van der Waals surface area contributed by atoms with Crippen LogP contribution in [0.1, 0.15) is 5.56 Å². The highest BCUT2D eigenvalue weighted by Gasteiger charge is 2.14. The molecule has 0 aliphatic rings. The predicted molar refractivity (Wildman–Crippen MR) is 81.7 cm³/mol. The highest BCUT2D eigenvalue weighted by molar-refractivity contribution is 6.42. The summed E-state index contributed by atoms with van der Waals surface area (Å²) in [6.07, 6.45) is 1.09. The highest BCUT2D eigenvalue weighted by atomic mass is 35.5. The fourth-order valence-electron chi connectivity index (χ4n) is 1.85. The van der Waals surface area contributed by atoms with Crippen LogP contribution in [0, 0.1) is 0 Å². The Morgan fingerprint density at radius 3 is 2.11 bits per heavy atom. The number of carbonyl (C=O) groups excluding carboxylic acids is 1. The minimum Gasteiger partial charge on any atom is -0.303 e. The Morgan fingerprint density at radius 1 is 0.895 bits per heavy atom. The third kappa shape index (κ3) is 3.24. The summed E-state index contributed by atoms with van der Waals surface area (Å²) in [5, 5.41) is 1.85. The van der Waals surface area contributed by atoms with E-state index in [0.717, 1.165) is 17.4 Å². The lowest BCUT2D eigenvalue weighted by molar-refractivity contribution is -0.107. The van der Waals surface area contributed by atoms with Crippen LogP contribution >= 0.6 is 46.4 Å². The van der Waals surface area contributed by atoms with Gasteiger partial charge in [-0.05, 0) is 35.4 Å². The Morgan fingerprint density at radius 2 is 1.53 bits per heavy atom. The van der Waals surface area contributed by atoms with E-state index in [-0.39, 0.29) is 6.42 Å². The van der Waals surface area contributed by atoms with Crippen molar-refractivity contribution < 1.29 is 4.79 Å². The molecule has 0 aromatic heterocycles. The standard InChI is InChI=1S/C14H8Cl4O/c15-9-2-1-8(3-4-19)11(5-9)14-12(17)6-10(16)7-13(14)18/h1-2,4-7H,3H2.